The molecule has 0 aromatic heterocycles. The van der Waals surface area contributed by atoms with E-state index in [0.29, 0.717) is 0 Å². The topological polar surface area (TPSA) is 38.3 Å². The van der Waals surface area contributed by atoms with Crippen LogP contribution in [0.1, 0.15) is 6.42 Å². The van der Waals surface area contributed by atoms with Gasteiger partial charge in [-0.1, -0.05) is 48.5 Å². The van der Waals surface area contributed by atoms with Gasteiger partial charge in [0.25, 0.3) is 0 Å². The van der Waals surface area contributed by atoms with Crippen LogP contribution in [0.4, 0.5) is 10.1 Å². The molecule has 0 aliphatic heterocycles. The third-order valence-corrected chi connectivity index (χ3v) is 3.49. The molecule has 0 saturated heterocycles. The highest BCUT2D eigenvalue weighted by Gasteiger charge is 2.07. The Morgan fingerprint density at radius 3 is 2.57 bits per heavy atom. The molecule has 3 nitrogen and oxygen atoms in total. The van der Waals surface area contributed by atoms with E-state index in [1.807, 2.05) is 42.5 Å². The molecule has 4 heteroatoms. The summed E-state index contributed by atoms with van der Waals surface area (Å²) in [7, 11) is 0. The average molecular weight is 309 g/mol. The van der Waals surface area contributed by atoms with Gasteiger partial charge in [0.1, 0.15) is 0 Å². The second-order valence-electron chi connectivity index (χ2n) is 5.10. The van der Waals surface area contributed by atoms with Crippen molar-refractivity contribution in [3.8, 4) is 5.75 Å². The van der Waals surface area contributed by atoms with E-state index in [2.05, 4.69) is 5.32 Å². The van der Waals surface area contributed by atoms with Gasteiger partial charge in [-0.2, -0.15) is 0 Å². The van der Waals surface area contributed by atoms with Crippen LogP contribution < -0.4 is 10.1 Å². The van der Waals surface area contributed by atoms with Crippen LogP contribution in [0, 0.1) is 5.82 Å². The number of fused-ring (bicyclic) bond motifs is 1. The van der Waals surface area contributed by atoms with E-state index in [-0.39, 0.29) is 24.7 Å². The second kappa shape index (κ2) is 6.92. The van der Waals surface area contributed by atoms with Crippen molar-refractivity contribution in [3.63, 3.8) is 0 Å². The van der Waals surface area contributed by atoms with Crippen LogP contribution in [-0.2, 0) is 4.79 Å². The third kappa shape index (κ3) is 3.66. The Kier molecular flexibility index (Phi) is 4.52. The van der Waals surface area contributed by atoms with Crippen LogP contribution in [0.5, 0.6) is 5.75 Å². The molecule has 0 unspecified atom stereocenters. The largest absolute Gasteiger partial charge is 0.490 e. The number of carbonyl (C=O) groups is 1. The molecule has 0 heterocycles. The van der Waals surface area contributed by atoms with Gasteiger partial charge in [-0.05, 0) is 23.6 Å². The first-order valence-corrected chi connectivity index (χ1v) is 7.39. The van der Waals surface area contributed by atoms with Crippen molar-refractivity contribution >= 4 is 22.4 Å². The van der Waals surface area contributed by atoms with E-state index in [1.54, 1.807) is 12.1 Å². The number of nitrogens with one attached hydrogen (secondary N) is 1. The van der Waals surface area contributed by atoms with E-state index in [9.17, 15) is 9.18 Å². The number of hydrogen-bond donors (Lipinski definition) is 1. The number of hydrogen-bond acceptors (Lipinski definition) is 2. The zero-order valence-electron chi connectivity index (χ0n) is 12.5. The summed E-state index contributed by atoms with van der Waals surface area (Å²) in [6.07, 6.45) is 0.150. The van der Waals surface area contributed by atoms with Gasteiger partial charge in [0, 0.05) is 11.1 Å². The summed E-state index contributed by atoms with van der Waals surface area (Å²) in [5.41, 5.74) is 0.763. The summed E-state index contributed by atoms with van der Waals surface area (Å²) < 4.78 is 18.7. The molecule has 0 fully saturated rings. The highest BCUT2D eigenvalue weighted by atomic mass is 19.1. The molecular weight excluding hydrogens is 293 g/mol. The van der Waals surface area contributed by atoms with Crippen LogP contribution in [0.3, 0.4) is 0 Å². The van der Waals surface area contributed by atoms with Gasteiger partial charge in [-0.15, -0.1) is 0 Å². The maximum absolute atomic E-state index is 13.4. The molecule has 0 aliphatic rings. The first kappa shape index (κ1) is 15.0. The molecule has 116 valence electrons. The minimum Gasteiger partial charge on any atom is -0.490 e. The molecule has 3 rings (SSSR count). The molecule has 1 N–H and O–H groups in total. The van der Waals surface area contributed by atoms with Crippen molar-refractivity contribution in [2.24, 2.45) is 0 Å². The lowest BCUT2D eigenvalue weighted by Gasteiger charge is -2.10. The van der Waals surface area contributed by atoms with Gasteiger partial charge < -0.3 is 10.1 Å². The molecule has 0 saturated carbocycles. The van der Waals surface area contributed by atoms with Crippen molar-refractivity contribution in [2.75, 3.05) is 11.9 Å². The van der Waals surface area contributed by atoms with Gasteiger partial charge in [0.2, 0.25) is 5.91 Å². The first-order chi connectivity index (χ1) is 11.2. The number of para-hydroxylation sites is 1. The SMILES string of the molecule is O=C(CCOc1ccccc1F)Nc1cccc2ccccc12. The fourth-order valence-electron chi connectivity index (χ4n) is 2.36. The fourth-order valence-corrected chi connectivity index (χ4v) is 2.36. The molecule has 23 heavy (non-hydrogen) atoms. The highest BCUT2D eigenvalue weighted by molar-refractivity contribution is 6.02. The van der Waals surface area contributed by atoms with Crippen molar-refractivity contribution in [1.82, 2.24) is 0 Å². The van der Waals surface area contributed by atoms with E-state index in [1.165, 1.54) is 12.1 Å². The predicted octanol–water partition coefficient (Wildman–Crippen LogP) is 4.39. The molecule has 0 bridgehead atoms. The van der Waals surface area contributed by atoms with E-state index >= 15 is 0 Å². The normalized spacial score (nSPS) is 10.5. The number of rotatable bonds is 5. The summed E-state index contributed by atoms with van der Waals surface area (Å²) in [5.74, 6) is -0.440. The van der Waals surface area contributed by atoms with Crippen molar-refractivity contribution < 1.29 is 13.9 Å². The zero-order chi connectivity index (χ0) is 16.1. The average Bonchev–Trinajstić information content (AvgIpc) is 2.57. The Bertz CT molecular complexity index is 827. The van der Waals surface area contributed by atoms with E-state index in [4.69, 9.17) is 4.74 Å². The number of amides is 1. The Labute approximate surface area is 133 Å². The minimum absolute atomic E-state index is 0.123. The lowest BCUT2D eigenvalue weighted by Crippen LogP contribution is -2.15. The molecule has 0 radical (unpaired) electrons. The van der Waals surface area contributed by atoms with E-state index < -0.39 is 5.82 Å². The minimum atomic E-state index is -0.429. The van der Waals surface area contributed by atoms with Crippen molar-refractivity contribution in [2.45, 2.75) is 6.42 Å². The van der Waals surface area contributed by atoms with Crippen LogP contribution in [0.2, 0.25) is 0 Å². The maximum atomic E-state index is 13.4. The number of anilines is 1. The third-order valence-electron chi connectivity index (χ3n) is 3.49. The van der Waals surface area contributed by atoms with Gasteiger partial charge in [-0.25, -0.2) is 4.39 Å². The van der Waals surface area contributed by atoms with Crippen molar-refractivity contribution in [3.05, 3.63) is 72.5 Å². The number of benzene rings is 3. The van der Waals surface area contributed by atoms with Crippen LogP contribution in [0.25, 0.3) is 10.8 Å². The zero-order valence-corrected chi connectivity index (χ0v) is 12.5. The summed E-state index contributed by atoms with van der Waals surface area (Å²) in [4.78, 5) is 12.0. The number of ether oxygens (including phenoxy) is 1. The maximum Gasteiger partial charge on any atom is 0.227 e. The number of carbonyl (C=O) groups excluding carboxylic acids is 1. The van der Waals surface area contributed by atoms with Gasteiger partial charge in [-0.3, -0.25) is 4.79 Å². The van der Waals surface area contributed by atoms with Crippen LogP contribution in [-0.4, -0.2) is 12.5 Å². The second-order valence-corrected chi connectivity index (χ2v) is 5.10. The molecule has 0 spiro atoms. The fraction of sp³-hybridized carbons (Fsp3) is 0.105. The van der Waals surface area contributed by atoms with Gasteiger partial charge >= 0.3 is 0 Å². The Morgan fingerprint density at radius 1 is 0.957 bits per heavy atom. The smallest absolute Gasteiger partial charge is 0.227 e. The summed E-state index contributed by atoms with van der Waals surface area (Å²) in [6.45, 7) is 0.123. The Balaban J connectivity index is 1.60. The predicted molar refractivity (Wildman–Crippen MR) is 89.1 cm³/mol. The Hall–Kier alpha value is -2.88. The molecule has 0 aliphatic carbocycles. The lowest BCUT2D eigenvalue weighted by molar-refractivity contribution is -0.116. The van der Waals surface area contributed by atoms with Gasteiger partial charge in [0.05, 0.1) is 13.0 Å². The first-order valence-electron chi connectivity index (χ1n) is 7.39. The molecule has 0 atom stereocenters. The summed E-state index contributed by atoms with van der Waals surface area (Å²) in [5, 5.41) is 4.92. The molecule has 1 amide bonds. The molecular formula is C19H16FNO2. The van der Waals surface area contributed by atoms with Crippen LogP contribution in [0.15, 0.2) is 66.7 Å². The standard InChI is InChI=1S/C19H16FNO2/c20-16-9-3-4-11-18(16)23-13-12-19(22)21-17-10-5-7-14-6-1-2-8-15(14)17/h1-11H,12-13H2,(H,21,22). The molecule has 3 aromatic carbocycles. The summed E-state index contributed by atoms with van der Waals surface area (Å²) >= 11 is 0. The number of halogens is 1. The van der Waals surface area contributed by atoms with Crippen LogP contribution >= 0.6 is 0 Å². The lowest BCUT2D eigenvalue weighted by atomic mass is 10.1. The monoisotopic (exact) mass is 309 g/mol. The van der Waals surface area contributed by atoms with E-state index in [0.717, 1.165) is 16.5 Å². The summed E-state index contributed by atoms with van der Waals surface area (Å²) in [6, 6.07) is 19.7. The Morgan fingerprint density at radius 2 is 1.70 bits per heavy atom. The van der Waals surface area contributed by atoms with Crippen molar-refractivity contribution in [1.29, 1.82) is 0 Å². The molecule has 3 aromatic rings. The quantitative estimate of drug-likeness (QED) is 0.759. The van der Waals surface area contributed by atoms with Gasteiger partial charge in [0.15, 0.2) is 11.6 Å². The highest BCUT2D eigenvalue weighted by Crippen LogP contribution is 2.23.